The highest BCUT2D eigenvalue weighted by molar-refractivity contribution is 5.83. The van der Waals surface area contributed by atoms with Crippen molar-refractivity contribution in [3.63, 3.8) is 0 Å². The van der Waals surface area contributed by atoms with E-state index in [2.05, 4.69) is 10.6 Å². The zero-order chi connectivity index (χ0) is 24.6. The highest BCUT2D eigenvalue weighted by Gasteiger charge is 2.46. The fourth-order valence-electron chi connectivity index (χ4n) is 5.29. The van der Waals surface area contributed by atoms with Gasteiger partial charge in [0, 0.05) is 31.7 Å². The summed E-state index contributed by atoms with van der Waals surface area (Å²) in [7, 11) is 1.86. The molecule has 0 unspecified atom stereocenters. The summed E-state index contributed by atoms with van der Waals surface area (Å²) in [6.07, 6.45) is -4.26. The molecule has 0 saturated carbocycles. The Morgan fingerprint density at radius 2 is 1.85 bits per heavy atom. The second kappa shape index (κ2) is 10.3. The molecule has 0 aromatic heterocycles. The number of hydrogen-bond donors (Lipinski definition) is 4. The number of aliphatic hydroxyl groups excluding tert-OH is 2. The molecular weight excluding hydrogens is 446 g/mol. The van der Waals surface area contributed by atoms with Crippen LogP contribution in [0.3, 0.4) is 0 Å². The zero-order valence-corrected chi connectivity index (χ0v) is 20.1. The molecule has 12 heteroatoms. The van der Waals surface area contributed by atoms with Crippen molar-refractivity contribution in [1.29, 1.82) is 0 Å². The van der Waals surface area contributed by atoms with Gasteiger partial charge in [0.15, 0.2) is 0 Å². The predicted molar refractivity (Wildman–Crippen MR) is 120 cm³/mol. The molecule has 7 atom stereocenters. The van der Waals surface area contributed by atoms with Crippen LogP contribution in [0.4, 0.5) is 4.79 Å². The summed E-state index contributed by atoms with van der Waals surface area (Å²) in [4.78, 5) is 44.1. The number of aliphatic hydroxyl groups is 2. The standard InChI is InChI=1S/C22H37N5O7/c1-12(2)23-22(32)27-10-14-9-26(4-5-33-14)21(31)15-6-13(8-25(15)3)24-18(28)7-16-19(29)20(30)17(11-27)34-16/h12-17,19-20,29-30H,4-11H2,1-3H3,(H,23,32)(H,24,28)/t13-,14-,15-,16-,17+,19-,20+/m0/s1. The molecule has 6 bridgehead atoms. The lowest BCUT2D eigenvalue weighted by Gasteiger charge is -2.38. The Kier molecular flexibility index (Phi) is 7.63. The number of likely N-dealkylation sites (tertiary alicyclic amines) is 1. The molecule has 0 aromatic carbocycles. The maximum atomic E-state index is 13.3. The second-order valence-electron chi connectivity index (χ2n) is 10.1. The number of amides is 4. The third kappa shape index (κ3) is 5.46. The first-order valence-corrected chi connectivity index (χ1v) is 12.1. The first-order valence-electron chi connectivity index (χ1n) is 12.1. The maximum absolute atomic E-state index is 13.3. The van der Waals surface area contributed by atoms with Gasteiger partial charge in [-0.15, -0.1) is 0 Å². The number of nitrogens with zero attached hydrogens (tertiary/aromatic N) is 3. The number of carbonyl (C=O) groups excluding carboxylic acids is 3. The minimum Gasteiger partial charge on any atom is -0.388 e. The van der Waals surface area contributed by atoms with Crippen molar-refractivity contribution >= 4 is 17.8 Å². The quantitative estimate of drug-likeness (QED) is 0.327. The summed E-state index contributed by atoms with van der Waals surface area (Å²) < 4.78 is 11.8. The number of rotatable bonds is 1. The van der Waals surface area contributed by atoms with Crippen molar-refractivity contribution in [2.24, 2.45) is 0 Å². The summed E-state index contributed by atoms with van der Waals surface area (Å²) in [6.45, 7) is 5.59. The van der Waals surface area contributed by atoms with E-state index >= 15 is 0 Å². The van der Waals surface area contributed by atoms with Gasteiger partial charge in [-0.1, -0.05) is 0 Å². The van der Waals surface area contributed by atoms with Crippen LogP contribution in [0, 0.1) is 0 Å². The molecule has 0 spiro atoms. The molecule has 0 aliphatic carbocycles. The SMILES string of the molecule is CC(C)NC(=O)N1C[C@@H]2CN(CCO2)C(=O)[C@@H]2C[C@@H](CN2C)NC(=O)C[C@@H]2O[C@H](C1)[C@@H](O)[C@H]2O. The van der Waals surface area contributed by atoms with Gasteiger partial charge in [0.25, 0.3) is 0 Å². The number of ether oxygens (including phenoxy) is 2. The molecule has 4 fully saturated rings. The smallest absolute Gasteiger partial charge is 0.317 e. The van der Waals surface area contributed by atoms with Gasteiger partial charge in [-0.25, -0.2) is 4.79 Å². The van der Waals surface area contributed by atoms with Crippen LogP contribution in [0.1, 0.15) is 26.7 Å². The Hall–Kier alpha value is -1.99. The van der Waals surface area contributed by atoms with Gasteiger partial charge >= 0.3 is 6.03 Å². The highest BCUT2D eigenvalue weighted by Crippen LogP contribution is 2.26. The van der Waals surface area contributed by atoms with Crippen LogP contribution in [0.5, 0.6) is 0 Å². The van der Waals surface area contributed by atoms with Gasteiger partial charge in [0.1, 0.15) is 18.3 Å². The molecule has 192 valence electrons. The number of likely N-dealkylation sites (N-methyl/N-ethyl adjacent to an activating group) is 1. The number of carbonyl (C=O) groups is 3. The molecule has 12 nitrogen and oxygen atoms in total. The fraction of sp³-hybridized carbons (Fsp3) is 0.864. The van der Waals surface area contributed by atoms with Gasteiger partial charge in [0.2, 0.25) is 11.8 Å². The summed E-state index contributed by atoms with van der Waals surface area (Å²) in [5, 5.41) is 26.9. The van der Waals surface area contributed by atoms with Crippen LogP contribution in [0.15, 0.2) is 0 Å². The van der Waals surface area contributed by atoms with E-state index in [9.17, 15) is 24.6 Å². The maximum Gasteiger partial charge on any atom is 0.317 e. The average molecular weight is 484 g/mol. The number of fused-ring (bicyclic) bond motifs is 6. The van der Waals surface area contributed by atoms with E-state index in [1.54, 1.807) is 4.90 Å². The van der Waals surface area contributed by atoms with E-state index in [1.807, 2.05) is 25.8 Å². The third-order valence-electron chi connectivity index (χ3n) is 7.02. The Morgan fingerprint density at radius 3 is 2.59 bits per heavy atom. The minimum absolute atomic E-state index is 0.00734. The van der Waals surface area contributed by atoms with E-state index < -0.39 is 30.5 Å². The fourth-order valence-corrected chi connectivity index (χ4v) is 5.29. The lowest BCUT2D eigenvalue weighted by Crippen LogP contribution is -2.56. The average Bonchev–Trinajstić information content (AvgIpc) is 3.26. The molecule has 34 heavy (non-hydrogen) atoms. The second-order valence-corrected chi connectivity index (χ2v) is 10.1. The summed E-state index contributed by atoms with van der Waals surface area (Å²) in [5.74, 6) is -0.316. The summed E-state index contributed by atoms with van der Waals surface area (Å²) in [5.41, 5.74) is 0. The molecule has 4 N–H and O–H groups in total. The van der Waals surface area contributed by atoms with Crippen LogP contribution >= 0.6 is 0 Å². The minimum atomic E-state index is -1.25. The van der Waals surface area contributed by atoms with Crippen molar-refractivity contribution in [1.82, 2.24) is 25.3 Å². The van der Waals surface area contributed by atoms with Crippen molar-refractivity contribution in [3.05, 3.63) is 0 Å². The normalized spacial score (nSPS) is 37.8. The summed E-state index contributed by atoms with van der Waals surface area (Å²) in [6, 6.07) is -1.00. The van der Waals surface area contributed by atoms with E-state index in [-0.39, 0.29) is 55.5 Å². The van der Waals surface area contributed by atoms with E-state index in [0.29, 0.717) is 32.7 Å². The van der Waals surface area contributed by atoms with Crippen molar-refractivity contribution in [2.75, 3.05) is 46.4 Å². The molecule has 4 rings (SSSR count). The van der Waals surface area contributed by atoms with Crippen LogP contribution in [-0.2, 0) is 19.1 Å². The Balaban J connectivity index is 1.59. The molecule has 4 aliphatic rings. The lowest BCUT2D eigenvalue weighted by molar-refractivity contribution is -0.143. The third-order valence-corrected chi connectivity index (χ3v) is 7.02. The van der Waals surface area contributed by atoms with Crippen LogP contribution in [-0.4, -0.2) is 138 Å². The molecule has 4 saturated heterocycles. The predicted octanol–water partition coefficient (Wildman–Crippen LogP) is -2.28. The van der Waals surface area contributed by atoms with Crippen LogP contribution in [0.2, 0.25) is 0 Å². The van der Waals surface area contributed by atoms with Gasteiger partial charge in [-0.3, -0.25) is 14.5 Å². The molecule has 4 amide bonds. The van der Waals surface area contributed by atoms with Crippen molar-refractivity contribution < 1.29 is 34.1 Å². The molecule has 4 heterocycles. The van der Waals surface area contributed by atoms with E-state index in [4.69, 9.17) is 9.47 Å². The topological polar surface area (TPSA) is 144 Å². The van der Waals surface area contributed by atoms with Crippen LogP contribution < -0.4 is 10.6 Å². The van der Waals surface area contributed by atoms with Gasteiger partial charge in [-0.05, 0) is 27.3 Å². The Morgan fingerprint density at radius 1 is 1.12 bits per heavy atom. The monoisotopic (exact) mass is 483 g/mol. The van der Waals surface area contributed by atoms with E-state index in [1.165, 1.54) is 4.90 Å². The highest BCUT2D eigenvalue weighted by atomic mass is 16.5. The zero-order valence-electron chi connectivity index (χ0n) is 20.1. The number of hydrogen-bond acceptors (Lipinski definition) is 8. The van der Waals surface area contributed by atoms with Gasteiger partial charge < -0.3 is 40.1 Å². The van der Waals surface area contributed by atoms with Crippen molar-refractivity contribution in [3.8, 4) is 0 Å². The number of nitrogens with one attached hydrogen (secondary N) is 2. The molecule has 0 aromatic rings. The first-order chi connectivity index (χ1) is 16.1. The molecular formula is C22H37N5O7. The Labute approximate surface area is 199 Å². The van der Waals surface area contributed by atoms with E-state index in [0.717, 1.165) is 0 Å². The van der Waals surface area contributed by atoms with Crippen molar-refractivity contribution in [2.45, 2.75) is 75.3 Å². The lowest BCUT2D eigenvalue weighted by atomic mass is 10.0. The number of morpholine rings is 1. The largest absolute Gasteiger partial charge is 0.388 e. The molecule has 0 radical (unpaired) electrons. The van der Waals surface area contributed by atoms with Gasteiger partial charge in [0.05, 0.1) is 44.4 Å². The number of urea groups is 1. The Bertz CT molecular complexity index is 783. The van der Waals surface area contributed by atoms with Crippen LogP contribution in [0.25, 0.3) is 0 Å². The summed E-state index contributed by atoms with van der Waals surface area (Å²) >= 11 is 0. The molecule has 4 aliphatic heterocycles. The van der Waals surface area contributed by atoms with Gasteiger partial charge in [-0.2, -0.15) is 0 Å². The first kappa shape index (κ1) is 25.1.